The number of nitrogens with one attached hydrogen (secondary N) is 1. The largest absolute Gasteiger partial charge is 0.321 e. The first-order chi connectivity index (χ1) is 13.3. The van der Waals surface area contributed by atoms with Gasteiger partial charge in [-0.2, -0.15) is 0 Å². The highest BCUT2D eigenvalue weighted by Gasteiger charge is 2.14. The van der Waals surface area contributed by atoms with Crippen molar-refractivity contribution in [1.82, 2.24) is 9.55 Å². The number of nitrogens with zero attached hydrogens (tertiary/aromatic N) is 1. The summed E-state index contributed by atoms with van der Waals surface area (Å²) in [5.74, 6) is 0. The molecule has 0 spiro atoms. The SMILES string of the molecule is CC(C)(C)c1ccc(C(=CCn2ccccc2=O)c2ccc(Cl)c(=O)[nH]2)cc1. The van der Waals surface area contributed by atoms with Crippen molar-refractivity contribution in [2.45, 2.75) is 32.7 Å². The Labute approximate surface area is 169 Å². The Morgan fingerprint density at radius 3 is 2.36 bits per heavy atom. The highest BCUT2D eigenvalue weighted by atomic mass is 35.5. The topological polar surface area (TPSA) is 54.9 Å². The molecular weight excluding hydrogens is 372 g/mol. The molecule has 0 aliphatic heterocycles. The summed E-state index contributed by atoms with van der Waals surface area (Å²) in [5.41, 5.74) is 3.30. The van der Waals surface area contributed by atoms with Crippen molar-refractivity contribution in [3.8, 4) is 0 Å². The van der Waals surface area contributed by atoms with E-state index < -0.39 is 0 Å². The summed E-state index contributed by atoms with van der Waals surface area (Å²) < 4.78 is 1.61. The molecule has 5 heteroatoms. The second-order valence-corrected chi connectivity index (χ2v) is 8.09. The van der Waals surface area contributed by atoms with Crippen molar-refractivity contribution < 1.29 is 0 Å². The predicted molar refractivity (Wildman–Crippen MR) is 115 cm³/mol. The minimum Gasteiger partial charge on any atom is -0.321 e. The molecule has 0 atom stereocenters. The lowest BCUT2D eigenvalue weighted by molar-refractivity contribution is 0.590. The van der Waals surface area contributed by atoms with E-state index in [1.807, 2.05) is 24.3 Å². The lowest BCUT2D eigenvalue weighted by Gasteiger charge is -2.19. The van der Waals surface area contributed by atoms with Gasteiger partial charge in [-0.15, -0.1) is 0 Å². The number of pyridine rings is 2. The van der Waals surface area contributed by atoms with Crippen LogP contribution in [0.15, 0.2) is 76.5 Å². The van der Waals surface area contributed by atoms with Crippen LogP contribution in [0.25, 0.3) is 5.57 Å². The minimum atomic E-state index is -0.340. The Kier molecular flexibility index (Phi) is 5.71. The summed E-state index contributed by atoms with van der Waals surface area (Å²) in [6, 6.07) is 16.7. The standard InChI is InChI=1S/C23H23ClN2O2/c1-23(2,3)17-9-7-16(8-10-17)18(20-12-11-19(24)22(28)25-20)13-15-26-14-5-4-6-21(26)27/h4-14H,15H2,1-3H3,(H,25,28). The number of benzene rings is 1. The van der Waals surface area contributed by atoms with E-state index in [-0.39, 0.29) is 21.6 Å². The maximum absolute atomic E-state index is 12.0. The maximum Gasteiger partial charge on any atom is 0.267 e. The molecule has 144 valence electrons. The van der Waals surface area contributed by atoms with Crippen molar-refractivity contribution in [2.24, 2.45) is 0 Å². The summed E-state index contributed by atoms with van der Waals surface area (Å²) in [6.07, 6.45) is 3.68. The first-order valence-electron chi connectivity index (χ1n) is 9.11. The molecule has 0 bridgehead atoms. The van der Waals surface area contributed by atoms with Crippen molar-refractivity contribution in [3.05, 3.63) is 109 Å². The molecule has 0 aliphatic carbocycles. The van der Waals surface area contributed by atoms with Crippen molar-refractivity contribution in [2.75, 3.05) is 0 Å². The molecule has 0 saturated heterocycles. The Morgan fingerprint density at radius 1 is 1.04 bits per heavy atom. The van der Waals surface area contributed by atoms with Crippen LogP contribution in [0.2, 0.25) is 5.02 Å². The lowest BCUT2D eigenvalue weighted by atomic mass is 9.86. The van der Waals surface area contributed by atoms with E-state index in [0.29, 0.717) is 12.2 Å². The molecule has 2 heterocycles. The van der Waals surface area contributed by atoms with Crippen molar-refractivity contribution >= 4 is 17.2 Å². The molecule has 0 fully saturated rings. The van der Waals surface area contributed by atoms with Gasteiger partial charge in [-0.05, 0) is 34.7 Å². The van der Waals surface area contributed by atoms with Crippen LogP contribution in [0, 0.1) is 0 Å². The van der Waals surface area contributed by atoms with Gasteiger partial charge in [0.1, 0.15) is 5.02 Å². The number of allylic oxidation sites excluding steroid dienone is 1. The third kappa shape index (κ3) is 4.52. The van der Waals surface area contributed by atoms with Gasteiger partial charge in [0.25, 0.3) is 11.1 Å². The molecule has 28 heavy (non-hydrogen) atoms. The Bertz CT molecular complexity index is 1120. The van der Waals surface area contributed by atoms with Gasteiger partial charge >= 0.3 is 0 Å². The van der Waals surface area contributed by atoms with Crippen LogP contribution in [-0.2, 0) is 12.0 Å². The van der Waals surface area contributed by atoms with Gasteiger partial charge in [0.05, 0.1) is 0 Å². The van der Waals surface area contributed by atoms with Crippen LogP contribution >= 0.6 is 11.6 Å². The molecule has 2 aromatic heterocycles. The van der Waals surface area contributed by atoms with Gasteiger partial charge in [-0.25, -0.2) is 0 Å². The zero-order valence-electron chi connectivity index (χ0n) is 16.2. The number of hydrogen-bond donors (Lipinski definition) is 1. The molecule has 1 N–H and O–H groups in total. The van der Waals surface area contributed by atoms with Crippen LogP contribution < -0.4 is 11.1 Å². The molecule has 0 radical (unpaired) electrons. The molecule has 0 unspecified atom stereocenters. The van der Waals surface area contributed by atoms with E-state index in [2.05, 4.69) is 37.9 Å². The summed E-state index contributed by atoms with van der Waals surface area (Å²) in [7, 11) is 0. The van der Waals surface area contributed by atoms with Gasteiger partial charge in [0, 0.05) is 30.1 Å². The average Bonchev–Trinajstić information content (AvgIpc) is 2.66. The van der Waals surface area contributed by atoms with Gasteiger partial charge in [0.2, 0.25) is 0 Å². The van der Waals surface area contributed by atoms with E-state index in [9.17, 15) is 9.59 Å². The highest BCUT2D eigenvalue weighted by molar-refractivity contribution is 6.30. The van der Waals surface area contributed by atoms with Gasteiger partial charge in [0.15, 0.2) is 0 Å². The van der Waals surface area contributed by atoms with Crippen molar-refractivity contribution in [3.63, 3.8) is 0 Å². The fourth-order valence-corrected chi connectivity index (χ4v) is 3.06. The average molecular weight is 395 g/mol. The van der Waals surface area contributed by atoms with Crippen molar-refractivity contribution in [1.29, 1.82) is 0 Å². The fourth-order valence-electron chi connectivity index (χ4n) is 2.95. The molecule has 4 nitrogen and oxygen atoms in total. The highest BCUT2D eigenvalue weighted by Crippen LogP contribution is 2.27. The third-order valence-corrected chi connectivity index (χ3v) is 4.90. The quantitative estimate of drug-likeness (QED) is 0.702. The van der Waals surface area contributed by atoms with E-state index >= 15 is 0 Å². The second-order valence-electron chi connectivity index (χ2n) is 7.69. The minimum absolute atomic E-state index is 0.0499. The molecular formula is C23H23ClN2O2. The summed E-state index contributed by atoms with van der Waals surface area (Å²) in [4.78, 5) is 26.9. The van der Waals surface area contributed by atoms with Gasteiger partial charge in [-0.1, -0.05) is 68.8 Å². The number of rotatable bonds is 4. The number of aromatic nitrogens is 2. The fraction of sp³-hybridized carbons (Fsp3) is 0.217. The van der Waals surface area contributed by atoms with E-state index in [1.165, 1.54) is 11.6 Å². The Hall–Kier alpha value is -2.85. The first-order valence-corrected chi connectivity index (χ1v) is 9.49. The van der Waals surface area contributed by atoms with E-state index in [1.54, 1.807) is 29.0 Å². The summed E-state index contributed by atoms with van der Waals surface area (Å²) >= 11 is 5.89. The van der Waals surface area contributed by atoms with E-state index in [0.717, 1.165) is 11.1 Å². The lowest BCUT2D eigenvalue weighted by Crippen LogP contribution is -2.17. The zero-order chi connectivity index (χ0) is 20.3. The monoisotopic (exact) mass is 394 g/mol. The summed E-state index contributed by atoms with van der Waals surface area (Å²) in [6.45, 7) is 6.88. The molecule has 0 saturated carbocycles. The number of hydrogen-bond acceptors (Lipinski definition) is 2. The van der Waals surface area contributed by atoms with Crippen LogP contribution in [0.4, 0.5) is 0 Å². The third-order valence-electron chi connectivity index (χ3n) is 4.60. The number of H-pyrrole nitrogens is 1. The smallest absolute Gasteiger partial charge is 0.267 e. The normalized spacial score (nSPS) is 12.2. The van der Waals surface area contributed by atoms with Gasteiger partial charge in [-0.3, -0.25) is 9.59 Å². The Balaban J connectivity index is 2.07. The molecule has 1 aromatic carbocycles. The molecule has 0 aliphatic rings. The predicted octanol–water partition coefficient (Wildman–Crippen LogP) is 4.62. The van der Waals surface area contributed by atoms with Crippen LogP contribution in [-0.4, -0.2) is 9.55 Å². The second kappa shape index (κ2) is 8.03. The number of halogens is 1. The molecule has 0 amide bonds. The Morgan fingerprint density at radius 2 is 1.75 bits per heavy atom. The van der Waals surface area contributed by atoms with Gasteiger partial charge < -0.3 is 9.55 Å². The van der Waals surface area contributed by atoms with Crippen LogP contribution in [0.3, 0.4) is 0 Å². The maximum atomic E-state index is 12.0. The molecule has 3 aromatic rings. The van der Waals surface area contributed by atoms with E-state index in [4.69, 9.17) is 11.6 Å². The van der Waals surface area contributed by atoms with Crippen LogP contribution in [0.1, 0.15) is 37.6 Å². The molecule has 3 rings (SSSR count). The number of aromatic amines is 1. The first kappa shape index (κ1) is 19.9. The summed E-state index contributed by atoms with van der Waals surface area (Å²) in [5, 5.41) is 0.144. The van der Waals surface area contributed by atoms with Crippen LogP contribution in [0.5, 0.6) is 0 Å². The zero-order valence-corrected chi connectivity index (χ0v) is 17.0.